The summed E-state index contributed by atoms with van der Waals surface area (Å²) < 4.78 is 29.2. The van der Waals surface area contributed by atoms with Crippen LogP contribution < -0.4 is 11.2 Å². The van der Waals surface area contributed by atoms with Gasteiger partial charge < -0.3 is 14.6 Å². The topological polar surface area (TPSA) is 123 Å². The number of aliphatic hydroxyl groups excluding tert-OH is 1. The van der Waals surface area contributed by atoms with Crippen LogP contribution in [0, 0.1) is 0 Å². The van der Waals surface area contributed by atoms with Gasteiger partial charge >= 0.3 is 5.69 Å². The molecule has 3 aromatic rings. The molecule has 0 amide bonds. The van der Waals surface area contributed by atoms with E-state index in [2.05, 4.69) is 14.8 Å². The molecule has 3 heterocycles. The Morgan fingerprint density at radius 2 is 1.62 bits per heavy atom. The number of aliphatic hydroxyl groups is 1. The maximum Gasteiger partial charge on any atom is 0.332 e. The number of hydrogen-bond acceptors (Lipinski definition) is 8. The first-order valence-electron chi connectivity index (χ1n) is 12.7. The van der Waals surface area contributed by atoms with E-state index >= 15 is 0 Å². The van der Waals surface area contributed by atoms with E-state index in [0.29, 0.717) is 35.6 Å². The molecule has 12 heteroatoms. The first-order chi connectivity index (χ1) is 17.6. The van der Waals surface area contributed by atoms with E-state index in [-0.39, 0.29) is 12.3 Å². The van der Waals surface area contributed by atoms with Crippen molar-refractivity contribution in [2.75, 3.05) is 45.0 Å². The van der Waals surface area contributed by atoms with Gasteiger partial charge in [-0.2, -0.15) is 0 Å². The van der Waals surface area contributed by atoms with E-state index in [4.69, 9.17) is 0 Å². The monoisotopic (exact) mass is 532 g/mol. The molecule has 0 aliphatic carbocycles. The van der Waals surface area contributed by atoms with Crippen molar-refractivity contribution in [3.05, 3.63) is 57.0 Å². The smallest absolute Gasteiger partial charge is 0.332 e. The minimum Gasteiger partial charge on any atom is -0.390 e. The molecule has 2 aromatic heterocycles. The van der Waals surface area contributed by atoms with Gasteiger partial charge in [0, 0.05) is 46.8 Å². The molecule has 0 radical (unpaired) electrons. The normalized spacial score (nSPS) is 16.4. The third-order valence-electron chi connectivity index (χ3n) is 7.14. The van der Waals surface area contributed by atoms with Crippen LogP contribution >= 0.6 is 0 Å². The van der Waals surface area contributed by atoms with Crippen molar-refractivity contribution in [2.45, 2.75) is 37.3 Å². The fraction of sp³-hybridized carbons (Fsp3) is 0.560. The molecule has 1 aromatic carbocycles. The third kappa shape index (κ3) is 6.03. The van der Waals surface area contributed by atoms with Crippen molar-refractivity contribution in [1.82, 2.24) is 28.5 Å². The number of aryl methyl sites for hydroxylation is 2. The van der Waals surface area contributed by atoms with E-state index in [0.717, 1.165) is 42.7 Å². The van der Waals surface area contributed by atoms with Crippen LogP contribution in [0.3, 0.4) is 0 Å². The average molecular weight is 533 g/mol. The Morgan fingerprint density at radius 3 is 2.27 bits per heavy atom. The van der Waals surface area contributed by atoms with Gasteiger partial charge in [-0.05, 0) is 37.1 Å². The standard InChI is InChI=1S/C25H36N6O5S/c1-4-19-6-8-21(9-7-19)37(35,36)15-5-10-29-11-13-30(14-12-29)16-20(32)17-31-18-26-23-22(31)24(33)28(3)25(34)27(23)2/h6-9,18,20,32H,4-5,10-17H2,1-3H3. The van der Waals surface area contributed by atoms with Gasteiger partial charge in [0.25, 0.3) is 5.56 Å². The number of β-amino-alcohol motifs (C(OH)–C–C–N with tert-alkyl or cyclic N) is 1. The lowest BCUT2D eigenvalue weighted by Crippen LogP contribution is -2.49. The lowest BCUT2D eigenvalue weighted by atomic mass is 10.2. The predicted octanol–water partition coefficient (Wildman–Crippen LogP) is -0.161. The Hall–Kier alpha value is -2.80. The van der Waals surface area contributed by atoms with E-state index < -0.39 is 27.2 Å². The second-order valence-corrected chi connectivity index (χ2v) is 11.9. The van der Waals surface area contributed by atoms with Crippen LogP contribution in [-0.2, 0) is 36.9 Å². The molecule has 0 bridgehead atoms. The van der Waals surface area contributed by atoms with Crippen molar-refractivity contribution >= 4 is 21.0 Å². The summed E-state index contributed by atoms with van der Waals surface area (Å²) >= 11 is 0. The zero-order chi connectivity index (χ0) is 26.7. The van der Waals surface area contributed by atoms with Crippen LogP contribution in [0.15, 0.2) is 45.1 Å². The fourth-order valence-corrected chi connectivity index (χ4v) is 6.14. The van der Waals surface area contributed by atoms with Crippen molar-refractivity contribution in [2.24, 2.45) is 14.1 Å². The van der Waals surface area contributed by atoms with Crippen molar-refractivity contribution in [1.29, 1.82) is 0 Å². The van der Waals surface area contributed by atoms with Gasteiger partial charge in [-0.15, -0.1) is 0 Å². The molecule has 0 spiro atoms. The number of nitrogens with zero attached hydrogens (tertiary/aromatic N) is 6. The van der Waals surface area contributed by atoms with Crippen LogP contribution in [0.25, 0.3) is 11.2 Å². The number of piperazine rings is 1. The Morgan fingerprint density at radius 1 is 0.973 bits per heavy atom. The zero-order valence-electron chi connectivity index (χ0n) is 21.7. The van der Waals surface area contributed by atoms with Gasteiger partial charge in [-0.1, -0.05) is 19.1 Å². The highest BCUT2D eigenvalue weighted by molar-refractivity contribution is 7.91. The molecule has 202 valence electrons. The number of aromatic nitrogens is 4. The molecule has 1 aliphatic rings. The van der Waals surface area contributed by atoms with Crippen molar-refractivity contribution < 1.29 is 13.5 Å². The molecule has 1 unspecified atom stereocenters. The van der Waals surface area contributed by atoms with E-state index in [9.17, 15) is 23.1 Å². The molecule has 37 heavy (non-hydrogen) atoms. The summed E-state index contributed by atoms with van der Waals surface area (Å²) in [6.07, 6.45) is 2.23. The summed E-state index contributed by atoms with van der Waals surface area (Å²) in [5, 5.41) is 10.7. The maximum absolute atomic E-state index is 12.6. The molecule has 1 aliphatic heterocycles. The van der Waals surface area contributed by atoms with Gasteiger partial charge in [0.15, 0.2) is 21.0 Å². The predicted molar refractivity (Wildman–Crippen MR) is 142 cm³/mol. The van der Waals surface area contributed by atoms with Crippen LogP contribution in [0.2, 0.25) is 0 Å². The van der Waals surface area contributed by atoms with Crippen LogP contribution in [0.5, 0.6) is 0 Å². The number of imidazole rings is 1. The highest BCUT2D eigenvalue weighted by Crippen LogP contribution is 2.15. The van der Waals surface area contributed by atoms with E-state index in [1.807, 2.05) is 19.1 Å². The second kappa shape index (κ2) is 11.3. The Bertz CT molecular complexity index is 1450. The maximum atomic E-state index is 12.6. The van der Waals surface area contributed by atoms with Gasteiger partial charge in [0.1, 0.15) is 0 Å². The first kappa shape index (κ1) is 27.2. The third-order valence-corrected chi connectivity index (χ3v) is 8.95. The Balaban J connectivity index is 1.24. The highest BCUT2D eigenvalue weighted by atomic mass is 32.2. The van der Waals surface area contributed by atoms with E-state index in [1.165, 1.54) is 17.9 Å². The van der Waals surface area contributed by atoms with Crippen LogP contribution in [0.4, 0.5) is 0 Å². The Kier molecular flexibility index (Phi) is 8.32. The van der Waals surface area contributed by atoms with Gasteiger partial charge in [0.2, 0.25) is 0 Å². The van der Waals surface area contributed by atoms with Crippen molar-refractivity contribution in [3.8, 4) is 0 Å². The molecule has 1 atom stereocenters. The number of benzene rings is 1. The summed E-state index contributed by atoms with van der Waals surface area (Å²) in [6, 6.07) is 7.14. The minimum absolute atomic E-state index is 0.126. The van der Waals surface area contributed by atoms with Crippen molar-refractivity contribution in [3.63, 3.8) is 0 Å². The van der Waals surface area contributed by atoms with E-state index in [1.54, 1.807) is 23.7 Å². The zero-order valence-corrected chi connectivity index (χ0v) is 22.5. The average Bonchev–Trinajstić information content (AvgIpc) is 3.30. The number of fused-ring (bicyclic) bond motifs is 1. The largest absolute Gasteiger partial charge is 0.390 e. The highest BCUT2D eigenvalue weighted by Gasteiger charge is 2.22. The summed E-state index contributed by atoms with van der Waals surface area (Å²) in [7, 11) is -0.292. The molecule has 1 fully saturated rings. The first-order valence-corrected chi connectivity index (χ1v) is 14.3. The number of sulfone groups is 1. The summed E-state index contributed by atoms with van der Waals surface area (Å²) in [5.74, 6) is 0.126. The van der Waals surface area contributed by atoms with Gasteiger partial charge in [-0.25, -0.2) is 18.2 Å². The number of hydrogen-bond donors (Lipinski definition) is 1. The molecule has 4 rings (SSSR count). The number of rotatable bonds is 10. The van der Waals surface area contributed by atoms with Crippen LogP contribution in [-0.4, -0.2) is 93.1 Å². The fourth-order valence-electron chi connectivity index (χ4n) is 4.84. The lowest BCUT2D eigenvalue weighted by molar-refractivity contribution is 0.0650. The van der Waals surface area contributed by atoms with Crippen LogP contribution in [0.1, 0.15) is 18.9 Å². The molecular formula is C25H36N6O5S. The van der Waals surface area contributed by atoms with Gasteiger partial charge in [0.05, 0.1) is 29.6 Å². The minimum atomic E-state index is -3.28. The summed E-state index contributed by atoms with van der Waals surface area (Å²) in [4.78, 5) is 33.7. The molecule has 11 nitrogen and oxygen atoms in total. The summed E-state index contributed by atoms with van der Waals surface area (Å²) in [6.45, 7) is 6.53. The quantitative estimate of drug-likeness (QED) is 0.382. The second-order valence-electron chi connectivity index (χ2n) is 9.74. The SMILES string of the molecule is CCc1ccc(S(=O)(=O)CCCN2CCN(CC(O)Cn3cnc4c3c(=O)n(C)c(=O)n4C)CC2)cc1. The molecule has 1 N–H and O–H groups in total. The lowest BCUT2D eigenvalue weighted by Gasteiger charge is -2.35. The molecular weight excluding hydrogens is 496 g/mol. The Labute approximate surface area is 216 Å². The molecule has 1 saturated heterocycles. The van der Waals surface area contributed by atoms with Gasteiger partial charge in [-0.3, -0.25) is 18.8 Å². The molecule has 0 saturated carbocycles. The summed E-state index contributed by atoms with van der Waals surface area (Å²) in [5.41, 5.74) is 0.843.